The summed E-state index contributed by atoms with van der Waals surface area (Å²) < 4.78 is 0. The van der Waals surface area contributed by atoms with E-state index in [1.807, 2.05) is 30.3 Å². The molecule has 2 aromatic rings. The highest BCUT2D eigenvalue weighted by Gasteiger charge is 2.30. The zero-order valence-electron chi connectivity index (χ0n) is 12.2. The summed E-state index contributed by atoms with van der Waals surface area (Å²) in [6.07, 6.45) is 5.06. The van der Waals surface area contributed by atoms with Crippen LogP contribution in [0.25, 0.3) is 10.9 Å². The van der Waals surface area contributed by atoms with Crippen LogP contribution in [0.4, 0.5) is 0 Å². The summed E-state index contributed by atoms with van der Waals surface area (Å²) in [5.74, 6) is -0.0421. The molecule has 110 valence electrons. The van der Waals surface area contributed by atoms with Gasteiger partial charge in [0.25, 0.3) is 5.91 Å². The maximum atomic E-state index is 12.8. The fourth-order valence-electron chi connectivity index (χ4n) is 3.17. The van der Waals surface area contributed by atoms with Crippen molar-refractivity contribution in [3.05, 3.63) is 42.1 Å². The fraction of sp³-hybridized carbons (Fsp3) is 0.412. The van der Waals surface area contributed by atoms with Crippen LogP contribution in [0.2, 0.25) is 0 Å². The molecule has 0 bridgehead atoms. The molecule has 21 heavy (non-hydrogen) atoms. The molecule has 1 N–H and O–H groups in total. The summed E-state index contributed by atoms with van der Waals surface area (Å²) in [6.45, 7) is 0. The van der Waals surface area contributed by atoms with Crippen LogP contribution in [0.5, 0.6) is 0 Å². The number of hydrogen-bond acceptors (Lipinski definition) is 3. The van der Waals surface area contributed by atoms with E-state index < -0.39 is 6.10 Å². The maximum Gasteiger partial charge on any atom is 0.254 e. The second kappa shape index (κ2) is 5.82. The number of amides is 1. The molecule has 1 saturated carbocycles. The number of aromatic nitrogens is 1. The topological polar surface area (TPSA) is 53.4 Å². The Labute approximate surface area is 124 Å². The molecule has 4 heteroatoms. The van der Waals surface area contributed by atoms with Gasteiger partial charge in [-0.05, 0) is 31.0 Å². The second-order valence-corrected chi connectivity index (χ2v) is 5.71. The van der Waals surface area contributed by atoms with Gasteiger partial charge in [0.2, 0.25) is 0 Å². The first kappa shape index (κ1) is 14.0. The van der Waals surface area contributed by atoms with Crippen molar-refractivity contribution < 1.29 is 9.90 Å². The molecule has 2 atom stereocenters. The summed E-state index contributed by atoms with van der Waals surface area (Å²) in [7, 11) is 1.79. The number of benzene rings is 1. The van der Waals surface area contributed by atoms with Crippen molar-refractivity contribution in [3.63, 3.8) is 0 Å². The maximum absolute atomic E-state index is 12.8. The Hall–Kier alpha value is -1.94. The van der Waals surface area contributed by atoms with E-state index in [2.05, 4.69) is 4.98 Å². The molecule has 1 aliphatic carbocycles. The number of pyridine rings is 1. The van der Waals surface area contributed by atoms with Gasteiger partial charge in [-0.15, -0.1) is 0 Å². The van der Waals surface area contributed by atoms with E-state index in [0.717, 1.165) is 36.6 Å². The Bertz CT molecular complexity index is 651. The molecule has 1 amide bonds. The lowest BCUT2D eigenvalue weighted by Crippen LogP contribution is -2.46. The smallest absolute Gasteiger partial charge is 0.254 e. The summed E-state index contributed by atoms with van der Waals surface area (Å²) in [5.41, 5.74) is 1.47. The van der Waals surface area contributed by atoms with Crippen molar-refractivity contribution in [2.75, 3.05) is 7.05 Å². The summed E-state index contributed by atoms with van der Waals surface area (Å²) >= 11 is 0. The van der Waals surface area contributed by atoms with Gasteiger partial charge in [-0.25, -0.2) is 0 Å². The van der Waals surface area contributed by atoms with E-state index in [-0.39, 0.29) is 11.9 Å². The fourth-order valence-corrected chi connectivity index (χ4v) is 3.17. The Kier molecular flexibility index (Phi) is 3.88. The van der Waals surface area contributed by atoms with Crippen molar-refractivity contribution >= 4 is 16.8 Å². The van der Waals surface area contributed by atoms with Crippen molar-refractivity contribution in [2.45, 2.75) is 37.8 Å². The van der Waals surface area contributed by atoms with Gasteiger partial charge in [0.05, 0.1) is 17.7 Å². The molecule has 1 fully saturated rings. The number of hydrogen-bond donors (Lipinski definition) is 1. The molecule has 0 spiro atoms. The minimum atomic E-state index is -0.416. The van der Waals surface area contributed by atoms with Crippen LogP contribution in [0.3, 0.4) is 0 Å². The zero-order chi connectivity index (χ0) is 14.8. The van der Waals surface area contributed by atoms with Gasteiger partial charge in [0, 0.05) is 24.2 Å². The lowest BCUT2D eigenvalue weighted by molar-refractivity contribution is 0.0269. The molecule has 2 unspecified atom stereocenters. The van der Waals surface area contributed by atoms with Crippen LogP contribution in [0.15, 0.2) is 36.5 Å². The number of likely N-dealkylation sites (N-methyl/N-ethyl adjacent to an activating group) is 1. The average Bonchev–Trinajstić information content (AvgIpc) is 2.53. The predicted octanol–water partition coefficient (Wildman–Crippen LogP) is 2.61. The highest BCUT2D eigenvalue weighted by molar-refractivity contribution is 6.06. The number of fused-ring (bicyclic) bond motifs is 1. The molecule has 1 heterocycles. The molecular formula is C17H20N2O2. The molecule has 1 aromatic carbocycles. The molecule has 4 nitrogen and oxygen atoms in total. The van der Waals surface area contributed by atoms with Crippen LogP contribution in [0, 0.1) is 0 Å². The number of rotatable bonds is 2. The van der Waals surface area contributed by atoms with Crippen molar-refractivity contribution in [1.29, 1.82) is 0 Å². The summed E-state index contributed by atoms with van der Waals surface area (Å²) in [4.78, 5) is 18.8. The summed E-state index contributed by atoms with van der Waals surface area (Å²) in [6, 6.07) is 9.26. The van der Waals surface area contributed by atoms with Gasteiger partial charge in [-0.3, -0.25) is 9.78 Å². The normalized spacial score (nSPS) is 22.2. The third-order valence-corrected chi connectivity index (χ3v) is 4.39. The number of carbonyl (C=O) groups excluding carboxylic acids is 1. The second-order valence-electron chi connectivity index (χ2n) is 5.71. The molecule has 1 aromatic heterocycles. The first-order valence-electron chi connectivity index (χ1n) is 7.47. The van der Waals surface area contributed by atoms with Gasteiger partial charge >= 0.3 is 0 Å². The lowest BCUT2D eigenvalue weighted by Gasteiger charge is -2.35. The Morgan fingerprint density at radius 2 is 2.05 bits per heavy atom. The van der Waals surface area contributed by atoms with Crippen LogP contribution in [-0.2, 0) is 0 Å². The zero-order valence-corrected chi connectivity index (χ0v) is 12.2. The van der Waals surface area contributed by atoms with Gasteiger partial charge in [0.15, 0.2) is 0 Å². The third-order valence-electron chi connectivity index (χ3n) is 4.39. The van der Waals surface area contributed by atoms with Crippen molar-refractivity contribution in [2.24, 2.45) is 0 Å². The standard InChI is InChI=1S/C17H20N2O2/c1-19(15-9-2-3-10-16(15)20)17(21)13-6-4-8-14-12(13)7-5-11-18-14/h4-8,11,15-16,20H,2-3,9-10H2,1H3. The van der Waals surface area contributed by atoms with E-state index in [0.29, 0.717) is 5.56 Å². The average molecular weight is 284 g/mol. The Morgan fingerprint density at radius 3 is 2.86 bits per heavy atom. The first-order valence-corrected chi connectivity index (χ1v) is 7.47. The summed E-state index contributed by atoms with van der Waals surface area (Å²) in [5, 5.41) is 11.0. The molecule has 3 rings (SSSR count). The van der Waals surface area contributed by atoms with Gasteiger partial charge in [-0.1, -0.05) is 25.0 Å². The highest BCUT2D eigenvalue weighted by Crippen LogP contribution is 2.25. The van der Waals surface area contributed by atoms with Gasteiger partial charge in [0.1, 0.15) is 0 Å². The third kappa shape index (κ3) is 2.63. The predicted molar refractivity (Wildman–Crippen MR) is 82.1 cm³/mol. The number of nitrogens with zero attached hydrogens (tertiary/aromatic N) is 2. The highest BCUT2D eigenvalue weighted by atomic mass is 16.3. The molecule has 0 radical (unpaired) electrons. The Morgan fingerprint density at radius 1 is 1.24 bits per heavy atom. The monoisotopic (exact) mass is 284 g/mol. The van der Waals surface area contributed by atoms with Crippen LogP contribution in [0.1, 0.15) is 36.0 Å². The molecule has 1 aliphatic rings. The van der Waals surface area contributed by atoms with E-state index in [9.17, 15) is 9.90 Å². The molecular weight excluding hydrogens is 264 g/mol. The van der Waals surface area contributed by atoms with Crippen LogP contribution in [-0.4, -0.2) is 40.1 Å². The first-order chi connectivity index (χ1) is 10.2. The van der Waals surface area contributed by atoms with Gasteiger partial charge in [-0.2, -0.15) is 0 Å². The van der Waals surface area contributed by atoms with E-state index in [1.54, 1.807) is 18.1 Å². The minimum Gasteiger partial charge on any atom is -0.391 e. The van der Waals surface area contributed by atoms with Crippen molar-refractivity contribution in [1.82, 2.24) is 9.88 Å². The van der Waals surface area contributed by atoms with E-state index in [1.165, 1.54) is 0 Å². The minimum absolute atomic E-state index is 0.0421. The Balaban J connectivity index is 1.93. The molecule has 0 aliphatic heterocycles. The van der Waals surface area contributed by atoms with Gasteiger partial charge < -0.3 is 10.0 Å². The van der Waals surface area contributed by atoms with Crippen LogP contribution >= 0.6 is 0 Å². The number of carbonyl (C=O) groups is 1. The largest absolute Gasteiger partial charge is 0.391 e. The SMILES string of the molecule is CN(C(=O)c1cccc2ncccc12)C1CCCCC1O. The lowest BCUT2D eigenvalue weighted by atomic mass is 9.91. The van der Waals surface area contributed by atoms with Crippen molar-refractivity contribution in [3.8, 4) is 0 Å². The van der Waals surface area contributed by atoms with E-state index >= 15 is 0 Å². The van der Waals surface area contributed by atoms with E-state index in [4.69, 9.17) is 0 Å². The number of aliphatic hydroxyl groups excluding tert-OH is 1. The molecule has 0 saturated heterocycles. The number of aliphatic hydroxyl groups is 1. The quantitative estimate of drug-likeness (QED) is 0.922. The van der Waals surface area contributed by atoms with Crippen LogP contribution < -0.4 is 0 Å².